The second kappa shape index (κ2) is 5.58. The Morgan fingerprint density at radius 3 is 2.83 bits per heavy atom. The molecule has 0 aliphatic carbocycles. The Balaban J connectivity index is 2.56. The molecule has 0 bridgehead atoms. The van der Waals surface area contributed by atoms with Gasteiger partial charge in [-0.15, -0.1) is 10.2 Å². The number of nitrogens with zero attached hydrogens (tertiary/aromatic N) is 3. The number of aliphatic hydroxyl groups is 1. The Bertz CT molecular complexity index is 556. The quantitative estimate of drug-likeness (QED) is 0.944. The molecule has 0 atom stereocenters. The van der Waals surface area contributed by atoms with Crippen molar-refractivity contribution in [3.63, 3.8) is 0 Å². The summed E-state index contributed by atoms with van der Waals surface area (Å²) in [6.07, 6.45) is 0.855. The molecule has 1 heterocycles. The van der Waals surface area contributed by atoms with E-state index in [0.29, 0.717) is 28.2 Å². The maximum Gasteiger partial charge on any atom is 0.167 e. The van der Waals surface area contributed by atoms with Gasteiger partial charge in [-0.3, -0.25) is 0 Å². The second-order valence-corrected chi connectivity index (χ2v) is 4.71. The summed E-state index contributed by atoms with van der Waals surface area (Å²) in [5.74, 6) is 0.526. The van der Waals surface area contributed by atoms with Crippen LogP contribution in [0, 0.1) is 5.82 Å². The van der Waals surface area contributed by atoms with Crippen molar-refractivity contribution in [2.45, 2.75) is 26.5 Å². The molecule has 0 saturated heterocycles. The predicted octanol–water partition coefficient (Wildman–Crippen LogP) is 2.75. The van der Waals surface area contributed by atoms with E-state index in [-0.39, 0.29) is 12.4 Å². The Hall–Kier alpha value is -1.27. The van der Waals surface area contributed by atoms with Gasteiger partial charge in [-0.05, 0) is 34.5 Å². The summed E-state index contributed by atoms with van der Waals surface area (Å²) in [4.78, 5) is 0. The summed E-state index contributed by atoms with van der Waals surface area (Å²) in [6.45, 7) is 2.44. The van der Waals surface area contributed by atoms with Crippen LogP contribution in [0.3, 0.4) is 0 Å². The lowest BCUT2D eigenvalue weighted by Crippen LogP contribution is -2.06. The largest absolute Gasteiger partial charge is 0.388 e. The van der Waals surface area contributed by atoms with Crippen LogP contribution in [-0.2, 0) is 13.2 Å². The molecule has 0 radical (unpaired) electrons. The van der Waals surface area contributed by atoms with E-state index in [0.717, 1.165) is 6.42 Å². The Kier molecular flexibility index (Phi) is 4.08. The molecule has 2 aromatic rings. The van der Waals surface area contributed by atoms with E-state index >= 15 is 0 Å². The van der Waals surface area contributed by atoms with Gasteiger partial charge in [0.05, 0.1) is 10.0 Å². The number of hydrogen-bond acceptors (Lipinski definition) is 3. The SMILES string of the molecule is CCCn1c(CO)nnc1-c1cccc(Br)c1F. The number of benzene rings is 1. The summed E-state index contributed by atoms with van der Waals surface area (Å²) in [6, 6.07) is 5.02. The fraction of sp³-hybridized carbons (Fsp3) is 0.333. The minimum absolute atomic E-state index is 0.206. The standard InChI is InChI=1S/C12H13BrFN3O/c1-2-6-17-10(7-18)15-16-12(17)8-4-3-5-9(13)11(8)14/h3-5,18H,2,6-7H2,1H3. The molecule has 0 aliphatic rings. The van der Waals surface area contributed by atoms with Crippen LogP contribution in [0.1, 0.15) is 19.2 Å². The van der Waals surface area contributed by atoms with Crippen LogP contribution in [0.2, 0.25) is 0 Å². The van der Waals surface area contributed by atoms with E-state index in [4.69, 9.17) is 0 Å². The second-order valence-electron chi connectivity index (χ2n) is 3.85. The monoisotopic (exact) mass is 313 g/mol. The van der Waals surface area contributed by atoms with Gasteiger partial charge in [-0.2, -0.15) is 0 Å². The fourth-order valence-corrected chi connectivity index (χ4v) is 2.15. The summed E-state index contributed by atoms with van der Waals surface area (Å²) < 4.78 is 16.2. The van der Waals surface area contributed by atoms with E-state index in [1.807, 2.05) is 6.92 Å². The molecule has 0 fully saturated rings. The summed E-state index contributed by atoms with van der Waals surface area (Å²) >= 11 is 3.15. The van der Waals surface area contributed by atoms with Crippen LogP contribution in [0.25, 0.3) is 11.4 Å². The molecule has 96 valence electrons. The van der Waals surface area contributed by atoms with E-state index in [1.165, 1.54) is 0 Å². The minimum Gasteiger partial charge on any atom is -0.388 e. The van der Waals surface area contributed by atoms with Gasteiger partial charge in [0.15, 0.2) is 11.6 Å². The van der Waals surface area contributed by atoms with Crippen LogP contribution >= 0.6 is 15.9 Å². The van der Waals surface area contributed by atoms with Crippen molar-refractivity contribution in [1.82, 2.24) is 14.8 Å². The molecule has 1 aromatic heterocycles. The van der Waals surface area contributed by atoms with Crippen molar-refractivity contribution in [1.29, 1.82) is 0 Å². The average molecular weight is 314 g/mol. The van der Waals surface area contributed by atoms with E-state index in [2.05, 4.69) is 26.1 Å². The first kappa shape index (κ1) is 13.2. The molecule has 1 aromatic carbocycles. The molecule has 0 aliphatic heterocycles. The zero-order valence-electron chi connectivity index (χ0n) is 9.90. The van der Waals surface area contributed by atoms with Gasteiger partial charge in [-0.1, -0.05) is 13.0 Å². The van der Waals surface area contributed by atoms with E-state index < -0.39 is 0 Å². The zero-order valence-corrected chi connectivity index (χ0v) is 11.5. The lowest BCUT2D eigenvalue weighted by molar-refractivity contribution is 0.264. The fourth-order valence-electron chi connectivity index (χ4n) is 1.79. The van der Waals surface area contributed by atoms with E-state index in [9.17, 15) is 9.50 Å². The van der Waals surface area contributed by atoms with Gasteiger partial charge in [0, 0.05) is 6.54 Å². The number of rotatable bonds is 4. The molecule has 0 unspecified atom stereocenters. The molecular formula is C12H13BrFN3O. The van der Waals surface area contributed by atoms with Gasteiger partial charge in [-0.25, -0.2) is 4.39 Å². The lowest BCUT2D eigenvalue weighted by Gasteiger charge is -2.09. The topological polar surface area (TPSA) is 50.9 Å². The van der Waals surface area contributed by atoms with Crippen molar-refractivity contribution in [3.05, 3.63) is 34.3 Å². The van der Waals surface area contributed by atoms with Gasteiger partial charge >= 0.3 is 0 Å². The Labute approximate surface area is 113 Å². The molecule has 0 spiro atoms. The van der Waals surface area contributed by atoms with E-state index in [1.54, 1.807) is 22.8 Å². The van der Waals surface area contributed by atoms with Crippen molar-refractivity contribution >= 4 is 15.9 Å². The van der Waals surface area contributed by atoms with Crippen LogP contribution in [0.5, 0.6) is 0 Å². The third kappa shape index (κ3) is 2.30. The lowest BCUT2D eigenvalue weighted by atomic mass is 10.2. The summed E-state index contributed by atoms with van der Waals surface area (Å²) in [7, 11) is 0. The first-order valence-corrected chi connectivity index (χ1v) is 6.45. The molecule has 2 rings (SSSR count). The highest BCUT2D eigenvalue weighted by Crippen LogP contribution is 2.27. The normalized spacial score (nSPS) is 10.9. The van der Waals surface area contributed by atoms with Crippen molar-refractivity contribution in [2.24, 2.45) is 0 Å². The van der Waals surface area contributed by atoms with Gasteiger partial charge in [0.1, 0.15) is 12.4 Å². The van der Waals surface area contributed by atoms with Crippen molar-refractivity contribution in [2.75, 3.05) is 0 Å². The molecule has 0 amide bonds. The zero-order chi connectivity index (χ0) is 13.1. The molecule has 18 heavy (non-hydrogen) atoms. The molecule has 1 N–H and O–H groups in total. The van der Waals surface area contributed by atoms with Gasteiger partial charge in [0.25, 0.3) is 0 Å². The van der Waals surface area contributed by atoms with Crippen molar-refractivity contribution in [3.8, 4) is 11.4 Å². The summed E-state index contributed by atoms with van der Waals surface area (Å²) in [5.41, 5.74) is 0.380. The molecular weight excluding hydrogens is 301 g/mol. The van der Waals surface area contributed by atoms with Crippen LogP contribution in [0.4, 0.5) is 4.39 Å². The Morgan fingerprint density at radius 1 is 1.39 bits per heavy atom. The van der Waals surface area contributed by atoms with Crippen molar-refractivity contribution < 1.29 is 9.50 Å². The smallest absolute Gasteiger partial charge is 0.167 e. The first-order valence-electron chi connectivity index (χ1n) is 5.66. The van der Waals surface area contributed by atoms with Crippen LogP contribution in [0.15, 0.2) is 22.7 Å². The number of aromatic nitrogens is 3. The Morgan fingerprint density at radius 2 is 2.17 bits per heavy atom. The number of aliphatic hydroxyl groups excluding tert-OH is 1. The van der Waals surface area contributed by atoms with Crippen LogP contribution < -0.4 is 0 Å². The predicted molar refractivity (Wildman–Crippen MR) is 69.3 cm³/mol. The molecule has 0 saturated carbocycles. The average Bonchev–Trinajstić information content (AvgIpc) is 2.76. The maximum atomic E-state index is 14.0. The molecule has 4 nitrogen and oxygen atoms in total. The highest BCUT2D eigenvalue weighted by molar-refractivity contribution is 9.10. The van der Waals surface area contributed by atoms with Gasteiger partial charge < -0.3 is 9.67 Å². The third-order valence-electron chi connectivity index (χ3n) is 2.61. The maximum absolute atomic E-state index is 14.0. The molecule has 6 heteroatoms. The highest BCUT2D eigenvalue weighted by Gasteiger charge is 2.17. The highest BCUT2D eigenvalue weighted by atomic mass is 79.9. The summed E-state index contributed by atoms with van der Waals surface area (Å²) in [5, 5.41) is 17.1. The third-order valence-corrected chi connectivity index (χ3v) is 3.22. The van der Waals surface area contributed by atoms with Crippen LogP contribution in [-0.4, -0.2) is 19.9 Å². The van der Waals surface area contributed by atoms with Gasteiger partial charge in [0.2, 0.25) is 0 Å². The number of halogens is 2. The minimum atomic E-state index is -0.369. The number of hydrogen-bond donors (Lipinski definition) is 1. The first-order chi connectivity index (χ1) is 8.69.